The van der Waals surface area contributed by atoms with Gasteiger partial charge in [0.05, 0.1) is 13.2 Å². The summed E-state index contributed by atoms with van der Waals surface area (Å²) in [5, 5.41) is 3.38. The summed E-state index contributed by atoms with van der Waals surface area (Å²) >= 11 is 0. The molecule has 116 valence electrons. The molecule has 1 aromatic heterocycles. The lowest BCUT2D eigenvalue weighted by molar-refractivity contribution is 0.122. The molecule has 1 saturated heterocycles. The van der Waals surface area contributed by atoms with E-state index in [1.165, 1.54) is 11.1 Å². The molecule has 0 aliphatic carbocycles. The summed E-state index contributed by atoms with van der Waals surface area (Å²) < 4.78 is 5.36. The maximum absolute atomic E-state index is 5.36. The quantitative estimate of drug-likeness (QED) is 0.917. The lowest BCUT2D eigenvalue weighted by atomic mass is 10.1. The van der Waals surface area contributed by atoms with Crippen molar-refractivity contribution in [2.45, 2.75) is 13.3 Å². The number of benzene rings is 1. The minimum Gasteiger partial charge on any atom is -0.378 e. The van der Waals surface area contributed by atoms with Crippen molar-refractivity contribution in [2.24, 2.45) is 0 Å². The minimum absolute atomic E-state index is 0.744. The van der Waals surface area contributed by atoms with E-state index in [0.717, 1.165) is 51.0 Å². The average Bonchev–Trinajstić information content (AvgIpc) is 2.58. The summed E-state index contributed by atoms with van der Waals surface area (Å²) in [7, 11) is 0. The van der Waals surface area contributed by atoms with Crippen LogP contribution in [0.3, 0.4) is 0 Å². The molecule has 1 aliphatic heterocycles. The first-order chi connectivity index (χ1) is 10.8. The molecular weight excluding hydrogens is 276 g/mol. The van der Waals surface area contributed by atoms with Crippen molar-refractivity contribution < 1.29 is 4.74 Å². The van der Waals surface area contributed by atoms with E-state index in [-0.39, 0.29) is 0 Å². The molecule has 0 saturated carbocycles. The number of hydrogen-bond acceptors (Lipinski definition) is 5. The van der Waals surface area contributed by atoms with Gasteiger partial charge in [-0.15, -0.1) is 0 Å². The predicted molar refractivity (Wildman–Crippen MR) is 88.4 cm³/mol. The molecule has 0 bridgehead atoms. The van der Waals surface area contributed by atoms with Crippen LogP contribution in [-0.4, -0.2) is 42.8 Å². The third-order valence-electron chi connectivity index (χ3n) is 3.78. The van der Waals surface area contributed by atoms with Gasteiger partial charge in [0.25, 0.3) is 0 Å². The Kier molecular flexibility index (Phi) is 4.85. The molecular formula is C17H22N4O. The second-order valence-electron chi connectivity index (χ2n) is 5.50. The van der Waals surface area contributed by atoms with Crippen molar-refractivity contribution in [3.8, 4) is 0 Å². The summed E-state index contributed by atoms with van der Waals surface area (Å²) in [5.74, 6) is 1.66. The molecule has 0 spiro atoms. The Balaban J connectivity index is 1.55. The third-order valence-corrected chi connectivity index (χ3v) is 3.78. The standard InChI is InChI=1S/C17H22N4O/c1-14-2-4-15(5-3-14)6-8-18-16-7-9-19-17(20-16)21-10-12-22-13-11-21/h2-5,7,9H,6,8,10-13H2,1H3,(H,18,19,20). The topological polar surface area (TPSA) is 50.3 Å². The van der Waals surface area contributed by atoms with E-state index in [1.807, 2.05) is 12.3 Å². The molecule has 1 aliphatic rings. The number of nitrogens with zero attached hydrogens (tertiary/aromatic N) is 3. The highest BCUT2D eigenvalue weighted by molar-refractivity contribution is 5.41. The van der Waals surface area contributed by atoms with Crippen LogP contribution in [-0.2, 0) is 11.2 Å². The fourth-order valence-corrected chi connectivity index (χ4v) is 2.45. The zero-order chi connectivity index (χ0) is 15.2. The van der Waals surface area contributed by atoms with Gasteiger partial charge in [-0.1, -0.05) is 29.8 Å². The molecule has 2 aromatic rings. The lowest BCUT2D eigenvalue weighted by Gasteiger charge is -2.26. The Morgan fingerprint density at radius 2 is 1.91 bits per heavy atom. The number of rotatable bonds is 5. The van der Waals surface area contributed by atoms with Crippen LogP contribution in [0.15, 0.2) is 36.5 Å². The van der Waals surface area contributed by atoms with Crippen LogP contribution in [0.4, 0.5) is 11.8 Å². The largest absolute Gasteiger partial charge is 0.378 e. The number of ether oxygens (including phenoxy) is 1. The number of hydrogen-bond donors (Lipinski definition) is 1. The van der Waals surface area contributed by atoms with Gasteiger partial charge < -0.3 is 15.0 Å². The zero-order valence-corrected chi connectivity index (χ0v) is 13.0. The molecule has 1 aromatic carbocycles. The molecule has 0 unspecified atom stereocenters. The molecule has 5 nitrogen and oxygen atoms in total. The highest BCUT2D eigenvalue weighted by Crippen LogP contribution is 2.12. The van der Waals surface area contributed by atoms with Crippen molar-refractivity contribution in [1.82, 2.24) is 9.97 Å². The number of aryl methyl sites for hydroxylation is 1. The molecule has 3 rings (SSSR count). The second kappa shape index (κ2) is 7.22. The first kappa shape index (κ1) is 14.8. The van der Waals surface area contributed by atoms with Crippen LogP contribution in [0.25, 0.3) is 0 Å². The normalized spacial score (nSPS) is 14.9. The smallest absolute Gasteiger partial charge is 0.227 e. The maximum atomic E-state index is 5.36. The molecule has 0 atom stereocenters. The van der Waals surface area contributed by atoms with Crippen LogP contribution < -0.4 is 10.2 Å². The molecule has 5 heteroatoms. The van der Waals surface area contributed by atoms with Gasteiger partial charge in [0.15, 0.2) is 0 Å². The van der Waals surface area contributed by atoms with Gasteiger partial charge in [0, 0.05) is 25.8 Å². The number of morpholine rings is 1. The van der Waals surface area contributed by atoms with Crippen molar-refractivity contribution in [2.75, 3.05) is 43.1 Å². The Morgan fingerprint density at radius 3 is 2.68 bits per heavy atom. The minimum atomic E-state index is 0.744. The van der Waals surface area contributed by atoms with Crippen LogP contribution in [0.5, 0.6) is 0 Å². The Hall–Kier alpha value is -2.14. The van der Waals surface area contributed by atoms with Crippen molar-refractivity contribution in [3.05, 3.63) is 47.7 Å². The first-order valence-electron chi connectivity index (χ1n) is 7.76. The van der Waals surface area contributed by atoms with E-state index >= 15 is 0 Å². The van der Waals surface area contributed by atoms with Gasteiger partial charge in [-0.05, 0) is 25.0 Å². The van der Waals surface area contributed by atoms with Crippen molar-refractivity contribution in [3.63, 3.8) is 0 Å². The summed E-state index contributed by atoms with van der Waals surface area (Å²) in [5.41, 5.74) is 2.63. The Morgan fingerprint density at radius 1 is 1.14 bits per heavy atom. The maximum Gasteiger partial charge on any atom is 0.227 e. The number of anilines is 2. The highest BCUT2D eigenvalue weighted by atomic mass is 16.5. The molecule has 22 heavy (non-hydrogen) atoms. The first-order valence-corrected chi connectivity index (χ1v) is 7.76. The van der Waals surface area contributed by atoms with E-state index in [0.29, 0.717) is 0 Å². The second-order valence-corrected chi connectivity index (χ2v) is 5.50. The van der Waals surface area contributed by atoms with Crippen LogP contribution in [0.2, 0.25) is 0 Å². The van der Waals surface area contributed by atoms with Crippen LogP contribution in [0, 0.1) is 6.92 Å². The summed E-state index contributed by atoms with van der Waals surface area (Å²) in [6, 6.07) is 10.6. The van der Waals surface area contributed by atoms with Gasteiger partial charge in [0.2, 0.25) is 5.95 Å². The SMILES string of the molecule is Cc1ccc(CCNc2ccnc(N3CCOCC3)n2)cc1. The third kappa shape index (κ3) is 3.95. The van der Waals surface area contributed by atoms with Crippen molar-refractivity contribution in [1.29, 1.82) is 0 Å². The van der Waals surface area contributed by atoms with E-state index in [9.17, 15) is 0 Å². The summed E-state index contributed by atoms with van der Waals surface area (Å²) in [6.07, 6.45) is 2.79. The fourth-order valence-electron chi connectivity index (χ4n) is 2.45. The molecule has 1 N–H and O–H groups in total. The summed E-state index contributed by atoms with van der Waals surface area (Å²) in [6.45, 7) is 6.17. The highest BCUT2D eigenvalue weighted by Gasteiger charge is 2.13. The zero-order valence-electron chi connectivity index (χ0n) is 13.0. The summed E-state index contributed by atoms with van der Waals surface area (Å²) in [4.78, 5) is 11.1. The van der Waals surface area contributed by atoms with Gasteiger partial charge in [-0.25, -0.2) is 4.98 Å². The van der Waals surface area contributed by atoms with Gasteiger partial charge in [-0.2, -0.15) is 4.98 Å². The average molecular weight is 298 g/mol. The van der Waals surface area contributed by atoms with Gasteiger partial charge in [-0.3, -0.25) is 0 Å². The molecule has 1 fully saturated rings. The van der Waals surface area contributed by atoms with Crippen LogP contribution >= 0.6 is 0 Å². The molecule has 0 radical (unpaired) electrons. The van der Waals surface area contributed by atoms with E-state index in [2.05, 4.69) is 51.4 Å². The Labute approximate surface area is 131 Å². The van der Waals surface area contributed by atoms with Crippen molar-refractivity contribution >= 4 is 11.8 Å². The lowest BCUT2D eigenvalue weighted by Crippen LogP contribution is -2.37. The fraction of sp³-hybridized carbons (Fsp3) is 0.412. The monoisotopic (exact) mass is 298 g/mol. The molecule has 0 amide bonds. The molecule has 2 heterocycles. The number of aromatic nitrogens is 2. The van der Waals surface area contributed by atoms with Gasteiger partial charge in [0.1, 0.15) is 5.82 Å². The van der Waals surface area contributed by atoms with Crippen LogP contribution in [0.1, 0.15) is 11.1 Å². The Bertz CT molecular complexity index is 594. The predicted octanol–water partition coefficient (Wildman–Crippen LogP) is 2.28. The van der Waals surface area contributed by atoms with E-state index in [4.69, 9.17) is 4.74 Å². The van der Waals surface area contributed by atoms with E-state index in [1.54, 1.807) is 0 Å². The van der Waals surface area contributed by atoms with E-state index < -0.39 is 0 Å². The van der Waals surface area contributed by atoms with Gasteiger partial charge >= 0.3 is 0 Å². The number of nitrogens with one attached hydrogen (secondary N) is 1.